The van der Waals surface area contributed by atoms with Crippen LogP contribution in [0.25, 0.3) is 10.9 Å². The number of nitrogens with one attached hydrogen (secondary N) is 2. The first-order valence-electron chi connectivity index (χ1n) is 13.1. The molecule has 3 aromatic rings. The number of anilines is 1. The highest BCUT2D eigenvalue weighted by atomic mass is 32.2. The zero-order chi connectivity index (χ0) is 29.9. The number of sulfone groups is 1. The molecule has 1 aliphatic rings. The molecule has 41 heavy (non-hydrogen) atoms. The maximum Gasteiger partial charge on any atom is 0.406 e. The molecule has 1 aliphatic heterocycles. The van der Waals surface area contributed by atoms with Crippen LogP contribution in [0.15, 0.2) is 41.4 Å². The number of carbonyl (C=O) groups excluding carboxylic acids is 1. The van der Waals surface area contributed by atoms with Crippen molar-refractivity contribution in [2.24, 2.45) is 0 Å². The summed E-state index contributed by atoms with van der Waals surface area (Å²) in [5, 5.41) is 6.59. The summed E-state index contributed by atoms with van der Waals surface area (Å²) in [6, 6.07) is 7.59. The van der Waals surface area contributed by atoms with Gasteiger partial charge in [0.05, 0.1) is 35.3 Å². The first-order chi connectivity index (χ1) is 19.2. The minimum atomic E-state index is -4.44. The molecule has 2 N–H and O–H groups in total. The molecule has 2 heterocycles. The number of hydrogen-bond acceptors (Lipinski definition) is 6. The van der Waals surface area contributed by atoms with Crippen LogP contribution in [-0.2, 0) is 16.4 Å². The SMILES string of the molecule is COc1cc(S(C)(=O)=O)ccc1NCC#Cc1cc(C(=O)NC2CCN(C)CC2)c2c(C)cn(CC(F)(F)F)c2c1. The van der Waals surface area contributed by atoms with E-state index < -0.39 is 22.6 Å². The number of benzene rings is 2. The van der Waals surface area contributed by atoms with E-state index in [1.807, 2.05) is 7.05 Å². The summed E-state index contributed by atoms with van der Waals surface area (Å²) >= 11 is 0. The molecule has 0 aliphatic carbocycles. The van der Waals surface area contributed by atoms with Gasteiger partial charge in [-0.05, 0) is 69.7 Å². The van der Waals surface area contributed by atoms with E-state index in [-0.39, 0.29) is 34.5 Å². The summed E-state index contributed by atoms with van der Waals surface area (Å²) in [5.41, 5.74) is 2.07. The molecule has 8 nitrogen and oxygen atoms in total. The lowest BCUT2D eigenvalue weighted by atomic mass is 10.0. The predicted molar refractivity (Wildman–Crippen MR) is 152 cm³/mol. The number of aryl methyl sites for hydroxylation is 1. The van der Waals surface area contributed by atoms with Gasteiger partial charge in [0.15, 0.2) is 9.84 Å². The van der Waals surface area contributed by atoms with Crippen LogP contribution in [0.5, 0.6) is 5.75 Å². The molecule has 0 spiro atoms. The zero-order valence-corrected chi connectivity index (χ0v) is 24.2. The molecule has 220 valence electrons. The summed E-state index contributed by atoms with van der Waals surface area (Å²) in [7, 11) is 0.0293. The standard InChI is InChI=1S/C29H33F3N4O4S/c1-19-17-36(18-29(30,31)32)25-15-20(14-23(27(19)25)28(37)34-21-9-12-35(2)13-10-21)6-5-11-33-24-8-7-22(41(4,38)39)16-26(24)40-3/h7-8,14-17,21,33H,9-13,18H2,1-4H3,(H,34,37). The topological polar surface area (TPSA) is 92.7 Å². The molecule has 0 radical (unpaired) electrons. The average Bonchev–Trinajstić information content (AvgIpc) is 3.20. The van der Waals surface area contributed by atoms with Crippen LogP contribution >= 0.6 is 0 Å². The number of methoxy groups -OCH3 is 1. The van der Waals surface area contributed by atoms with E-state index >= 15 is 0 Å². The summed E-state index contributed by atoms with van der Waals surface area (Å²) in [6.45, 7) is 2.34. The summed E-state index contributed by atoms with van der Waals surface area (Å²) in [4.78, 5) is 15.7. The van der Waals surface area contributed by atoms with Crippen molar-refractivity contribution in [2.45, 2.75) is 43.4 Å². The van der Waals surface area contributed by atoms with Crippen molar-refractivity contribution in [1.82, 2.24) is 14.8 Å². The van der Waals surface area contributed by atoms with Crippen LogP contribution in [0, 0.1) is 18.8 Å². The Kier molecular flexibility index (Phi) is 8.89. The normalized spacial score (nSPS) is 14.9. The molecule has 1 saturated heterocycles. The Labute approximate surface area is 237 Å². The Morgan fingerprint density at radius 3 is 2.51 bits per heavy atom. The highest BCUT2D eigenvalue weighted by Gasteiger charge is 2.30. The lowest BCUT2D eigenvalue weighted by Crippen LogP contribution is -2.43. The van der Waals surface area contributed by atoms with Gasteiger partial charge in [-0.1, -0.05) is 11.8 Å². The maximum absolute atomic E-state index is 13.4. The number of amides is 1. The average molecular weight is 591 g/mol. The summed E-state index contributed by atoms with van der Waals surface area (Å²) < 4.78 is 70.1. The number of alkyl halides is 3. The largest absolute Gasteiger partial charge is 0.495 e. The van der Waals surface area contributed by atoms with Gasteiger partial charge < -0.3 is 24.8 Å². The van der Waals surface area contributed by atoms with Crippen LogP contribution in [0.1, 0.15) is 34.3 Å². The molecule has 1 fully saturated rings. The maximum atomic E-state index is 13.4. The van der Waals surface area contributed by atoms with Gasteiger partial charge in [0.2, 0.25) is 0 Å². The van der Waals surface area contributed by atoms with Crippen molar-refractivity contribution in [1.29, 1.82) is 0 Å². The van der Waals surface area contributed by atoms with Crippen molar-refractivity contribution in [2.75, 3.05) is 45.4 Å². The molecular formula is C29H33F3N4O4S. The highest BCUT2D eigenvalue weighted by molar-refractivity contribution is 7.90. The number of piperidine rings is 1. The first-order valence-corrected chi connectivity index (χ1v) is 14.9. The van der Waals surface area contributed by atoms with Gasteiger partial charge in [0.25, 0.3) is 5.91 Å². The third kappa shape index (κ3) is 7.54. The number of halogens is 3. The smallest absolute Gasteiger partial charge is 0.406 e. The molecule has 0 bridgehead atoms. The van der Waals surface area contributed by atoms with Crippen LogP contribution in [0.2, 0.25) is 0 Å². The Morgan fingerprint density at radius 2 is 1.88 bits per heavy atom. The molecule has 0 atom stereocenters. The number of carbonyl (C=O) groups is 1. The van der Waals surface area contributed by atoms with Gasteiger partial charge in [-0.25, -0.2) is 8.42 Å². The van der Waals surface area contributed by atoms with E-state index in [4.69, 9.17) is 4.74 Å². The Balaban J connectivity index is 1.63. The molecule has 1 amide bonds. The van der Waals surface area contributed by atoms with E-state index in [9.17, 15) is 26.4 Å². The Bertz CT molecular complexity index is 1610. The van der Waals surface area contributed by atoms with Crippen LogP contribution in [-0.4, -0.2) is 76.1 Å². The summed E-state index contributed by atoms with van der Waals surface area (Å²) in [6.07, 6.45) is -0.341. The second-order valence-corrected chi connectivity index (χ2v) is 12.3. The third-order valence-electron chi connectivity index (χ3n) is 7.02. The van der Waals surface area contributed by atoms with Crippen molar-refractivity contribution >= 4 is 32.3 Å². The van der Waals surface area contributed by atoms with E-state index in [1.165, 1.54) is 25.4 Å². The number of rotatable bonds is 7. The molecule has 4 rings (SSSR count). The van der Waals surface area contributed by atoms with Gasteiger partial charge in [-0.15, -0.1) is 0 Å². The molecular weight excluding hydrogens is 557 g/mol. The Morgan fingerprint density at radius 1 is 1.17 bits per heavy atom. The fourth-order valence-corrected chi connectivity index (χ4v) is 5.60. The monoisotopic (exact) mass is 590 g/mol. The molecule has 2 aromatic carbocycles. The molecule has 0 saturated carbocycles. The van der Waals surface area contributed by atoms with E-state index in [2.05, 4.69) is 27.4 Å². The predicted octanol–water partition coefficient (Wildman–Crippen LogP) is 4.21. The minimum Gasteiger partial charge on any atom is -0.495 e. The van der Waals surface area contributed by atoms with Gasteiger partial charge in [-0.3, -0.25) is 4.79 Å². The van der Waals surface area contributed by atoms with Crippen LogP contribution in [0.3, 0.4) is 0 Å². The van der Waals surface area contributed by atoms with Gasteiger partial charge in [-0.2, -0.15) is 13.2 Å². The van der Waals surface area contributed by atoms with Gasteiger partial charge >= 0.3 is 6.18 Å². The fraction of sp³-hybridized carbons (Fsp3) is 0.414. The van der Waals surface area contributed by atoms with Crippen LogP contribution < -0.4 is 15.4 Å². The molecule has 12 heteroatoms. The number of aromatic nitrogens is 1. The number of ether oxygens (including phenoxy) is 1. The van der Waals surface area contributed by atoms with Crippen molar-refractivity contribution in [3.05, 3.63) is 53.2 Å². The quantitative estimate of drug-likeness (QED) is 0.401. The second-order valence-electron chi connectivity index (χ2n) is 10.3. The Hall–Kier alpha value is -3.69. The van der Waals surface area contributed by atoms with E-state index in [0.29, 0.717) is 28.0 Å². The lowest BCUT2D eigenvalue weighted by Gasteiger charge is -2.29. The second kappa shape index (κ2) is 12.0. The zero-order valence-electron chi connectivity index (χ0n) is 23.4. The first kappa shape index (κ1) is 30.3. The lowest BCUT2D eigenvalue weighted by molar-refractivity contribution is -0.139. The third-order valence-corrected chi connectivity index (χ3v) is 8.13. The molecule has 1 aromatic heterocycles. The van der Waals surface area contributed by atoms with Crippen molar-refractivity contribution < 1.29 is 31.1 Å². The number of nitrogens with zero attached hydrogens (tertiary/aromatic N) is 2. The molecule has 0 unspecified atom stereocenters. The number of likely N-dealkylation sites (tertiary alicyclic amines) is 1. The summed E-state index contributed by atoms with van der Waals surface area (Å²) in [5.74, 6) is 5.87. The number of hydrogen-bond donors (Lipinski definition) is 2. The highest BCUT2D eigenvalue weighted by Crippen LogP contribution is 2.30. The number of fused-ring (bicyclic) bond motifs is 1. The van der Waals surface area contributed by atoms with Crippen molar-refractivity contribution in [3.8, 4) is 17.6 Å². The fourth-order valence-electron chi connectivity index (χ4n) is 4.96. The van der Waals surface area contributed by atoms with Gasteiger partial charge in [0.1, 0.15) is 12.3 Å². The minimum absolute atomic E-state index is 0.0191. The van der Waals surface area contributed by atoms with E-state index in [1.54, 1.807) is 25.1 Å². The van der Waals surface area contributed by atoms with Crippen molar-refractivity contribution in [3.63, 3.8) is 0 Å². The van der Waals surface area contributed by atoms with E-state index in [0.717, 1.165) is 36.8 Å². The van der Waals surface area contributed by atoms with Gasteiger partial charge in [0, 0.05) is 35.5 Å². The van der Waals surface area contributed by atoms with Crippen LogP contribution in [0.4, 0.5) is 18.9 Å².